The molecule has 0 aliphatic rings. The Kier molecular flexibility index (Phi) is 9.29. The van der Waals surface area contributed by atoms with Crippen LogP contribution in [0.5, 0.6) is 0 Å². The Balaban J connectivity index is 3.55. The highest BCUT2D eigenvalue weighted by Gasteiger charge is 2.08. The van der Waals surface area contributed by atoms with Crippen LogP contribution in [0, 0.1) is 0 Å². The number of rotatable bonds is 9. The molecule has 0 spiro atoms. The van der Waals surface area contributed by atoms with Crippen LogP contribution in [0.1, 0.15) is 13.8 Å². The fourth-order valence-corrected chi connectivity index (χ4v) is 1.31. The van der Waals surface area contributed by atoms with Crippen LogP contribution in [0.2, 0.25) is 0 Å². The molecule has 0 aromatic carbocycles. The molecule has 4 nitrogen and oxygen atoms in total. The molecular formula is C10H24N2O2. The molecule has 0 radical (unpaired) electrons. The number of ether oxygens (including phenoxy) is 2. The summed E-state index contributed by atoms with van der Waals surface area (Å²) in [6, 6.07) is 0.0987. The summed E-state index contributed by atoms with van der Waals surface area (Å²) < 4.78 is 10.3. The highest BCUT2D eigenvalue weighted by atomic mass is 16.5. The minimum absolute atomic E-state index is 0.0987. The smallest absolute Gasteiger partial charge is 0.0626 e. The predicted molar refractivity (Wildman–Crippen MR) is 58.5 cm³/mol. The highest BCUT2D eigenvalue weighted by molar-refractivity contribution is 4.66. The van der Waals surface area contributed by atoms with E-state index in [1.807, 2.05) is 6.92 Å². The van der Waals surface area contributed by atoms with Gasteiger partial charge in [-0.1, -0.05) is 6.92 Å². The summed E-state index contributed by atoms with van der Waals surface area (Å²) in [7, 11) is 1.68. The van der Waals surface area contributed by atoms with Gasteiger partial charge in [-0.25, -0.2) is 0 Å². The van der Waals surface area contributed by atoms with Gasteiger partial charge in [-0.15, -0.1) is 0 Å². The number of methoxy groups -OCH3 is 1. The summed E-state index contributed by atoms with van der Waals surface area (Å²) in [4.78, 5) is 2.28. The van der Waals surface area contributed by atoms with Gasteiger partial charge in [-0.2, -0.15) is 0 Å². The van der Waals surface area contributed by atoms with Crippen molar-refractivity contribution in [3.63, 3.8) is 0 Å². The molecule has 0 rings (SSSR count). The van der Waals surface area contributed by atoms with Crippen molar-refractivity contribution in [1.29, 1.82) is 0 Å². The highest BCUT2D eigenvalue weighted by Crippen LogP contribution is 1.91. The molecule has 1 unspecified atom stereocenters. The quantitative estimate of drug-likeness (QED) is 0.549. The summed E-state index contributed by atoms with van der Waals surface area (Å²) in [5.41, 5.74) is 5.86. The lowest BCUT2D eigenvalue weighted by atomic mass is 10.3. The molecule has 0 fully saturated rings. The first-order valence-electron chi connectivity index (χ1n) is 5.29. The second-order valence-corrected chi connectivity index (χ2v) is 3.31. The lowest BCUT2D eigenvalue weighted by Crippen LogP contribution is -2.41. The summed E-state index contributed by atoms with van der Waals surface area (Å²) in [6.07, 6.45) is 0. The third-order valence-corrected chi connectivity index (χ3v) is 2.08. The van der Waals surface area contributed by atoms with Crippen LogP contribution in [0.4, 0.5) is 0 Å². The zero-order valence-electron chi connectivity index (χ0n) is 9.66. The van der Waals surface area contributed by atoms with Crippen molar-refractivity contribution in [1.82, 2.24) is 4.90 Å². The summed E-state index contributed by atoms with van der Waals surface area (Å²) in [6.45, 7) is 9.14. The number of hydrogen-bond acceptors (Lipinski definition) is 4. The van der Waals surface area contributed by atoms with Gasteiger partial charge in [0.2, 0.25) is 0 Å². The SMILES string of the molecule is CCOCCN(CC)CC(N)COC. The maximum atomic E-state index is 5.86. The van der Waals surface area contributed by atoms with Gasteiger partial charge in [0.15, 0.2) is 0 Å². The van der Waals surface area contributed by atoms with Gasteiger partial charge in [-0.05, 0) is 13.5 Å². The van der Waals surface area contributed by atoms with Crippen molar-refractivity contribution in [2.75, 3.05) is 46.6 Å². The van der Waals surface area contributed by atoms with Crippen molar-refractivity contribution in [2.45, 2.75) is 19.9 Å². The van der Waals surface area contributed by atoms with Gasteiger partial charge >= 0.3 is 0 Å². The van der Waals surface area contributed by atoms with Crippen LogP contribution < -0.4 is 5.73 Å². The molecule has 86 valence electrons. The Morgan fingerprint density at radius 1 is 1.36 bits per heavy atom. The first-order chi connectivity index (χ1) is 6.74. The molecule has 1 atom stereocenters. The number of nitrogens with two attached hydrogens (primary N) is 1. The van der Waals surface area contributed by atoms with Crippen molar-refractivity contribution >= 4 is 0 Å². The normalized spacial score (nSPS) is 13.5. The average molecular weight is 204 g/mol. The molecular weight excluding hydrogens is 180 g/mol. The number of hydrogen-bond donors (Lipinski definition) is 1. The Labute approximate surface area is 87.4 Å². The molecule has 2 N–H and O–H groups in total. The summed E-state index contributed by atoms with van der Waals surface area (Å²) in [5, 5.41) is 0. The van der Waals surface area contributed by atoms with Crippen molar-refractivity contribution < 1.29 is 9.47 Å². The number of likely N-dealkylation sites (N-methyl/N-ethyl adjacent to an activating group) is 1. The fourth-order valence-electron chi connectivity index (χ4n) is 1.31. The fraction of sp³-hybridized carbons (Fsp3) is 1.00. The first-order valence-corrected chi connectivity index (χ1v) is 5.29. The Hall–Kier alpha value is -0.160. The lowest BCUT2D eigenvalue weighted by Gasteiger charge is -2.23. The van der Waals surface area contributed by atoms with Crippen LogP contribution in [-0.2, 0) is 9.47 Å². The molecule has 0 bridgehead atoms. The third-order valence-electron chi connectivity index (χ3n) is 2.08. The van der Waals surface area contributed by atoms with E-state index in [-0.39, 0.29) is 6.04 Å². The molecule has 4 heteroatoms. The maximum absolute atomic E-state index is 5.86. The van der Waals surface area contributed by atoms with Crippen LogP contribution in [0.15, 0.2) is 0 Å². The second kappa shape index (κ2) is 9.40. The Morgan fingerprint density at radius 2 is 2.07 bits per heavy atom. The van der Waals surface area contributed by atoms with Gasteiger partial charge in [0, 0.05) is 32.8 Å². The second-order valence-electron chi connectivity index (χ2n) is 3.31. The minimum Gasteiger partial charge on any atom is -0.383 e. The predicted octanol–water partition coefficient (Wildman–Crippen LogP) is 0.319. The van der Waals surface area contributed by atoms with Gasteiger partial charge < -0.3 is 15.2 Å². The average Bonchev–Trinajstić information content (AvgIpc) is 2.17. The minimum atomic E-state index is 0.0987. The largest absolute Gasteiger partial charge is 0.383 e. The van der Waals surface area contributed by atoms with Gasteiger partial charge in [0.1, 0.15) is 0 Å². The standard InChI is InChI=1S/C10H24N2O2/c1-4-12(6-7-14-5-2)8-10(11)9-13-3/h10H,4-9,11H2,1-3H3. The first kappa shape index (κ1) is 13.8. The van der Waals surface area contributed by atoms with E-state index in [0.29, 0.717) is 6.61 Å². The van der Waals surface area contributed by atoms with E-state index >= 15 is 0 Å². The molecule has 0 aliphatic carbocycles. The van der Waals surface area contributed by atoms with Crippen molar-refractivity contribution in [3.05, 3.63) is 0 Å². The topological polar surface area (TPSA) is 47.7 Å². The molecule has 0 aromatic heterocycles. The third kappa shape index (κ3) is 7.26. The summed E-state index contributed by atoms with van der Waals surface area (Å²) in [5.74, 6) is 0. The van der Waals surface area contributed by atoms with Crippen molar-refractivity contribution in [3.8, 4) is 0 Å². The van der Waals surface area contributed by atoms with E-state index < -0.39 is 0 Å². The van der Waals surface area contributed by atoms with E-state index in [2.05, 4.69) is 11.8 Å². The van der Waals surface area contributed by atoms with Gasteiger partial charge in [0.05, 0.1) is 13.2 Å². The van der Waals surface area contributed by atoms with Crippen LogP contribution in [0.25, 0.3) is 0 Å². The summed E-state index contributed by atoms with van der Waals surface area (Å²) >= 11 is 0. The van der Waals surface area contributed by atoms with Gasteiger partial charge in [-0.3, -0.25) is 4.90 Å². The van der Waals surface area contributed by atoms with E-state index in [9.17, 15) is 0 Å². The van der Waals surface area contributed by atoms with E-state index in [0.717, 1.165) is 32.8 Å². The molecule has 0 heterocycles. The van der Waals surface area contributed by atoms with Crippen LogP contribution in [-0.4, -0.2) is 57.5 Å². The van der Waals surface area contributed by atoms with Crippen LogP contribution in [0.3, 0.4) is 0 Å². The maximum Gasteiger partial charge on any atom is 0.0626 e. The number of nitrogens with zero attached hydrogens (tertiary/aromatic N) is 1. The van der Waals surface area contributed by atoms with E-state index in [1.165, 1.54) is 0 Å². The van der Waals surface area contributed by atoms with E-state index in [4.69, 9.17) is 15.2 Å². The zero-order valence-corrected chi connectivity index (χ0v) is 9.66. The van der Waals surface area contributed by atoms with Crippen molar-refractivity contribution in [2.24, 2.45) is 5.73 Å². The molecule has 0 saturated carbocycles. The molecule has 0 aliphatic heterocycles. The molecule has 0 saturated heterocycles. The molecule has 0 aromatic rings. The monoisotopic (exact) mass is 204 g/mol. The van der Waals surface area contributed by atoms with Gasteiger partial charge in [0.25, 0.3) is 0 Å². The lowest BCUT2D eigenvalue weighted by molar-refractivity contribution is 0.103. The zero-order chi connectivity index (χ0) is 10.8. The molecule has 14 heavy (non-hydrogen) atoms. The Morgan fingerprint density at radius 3 is 2.57 bits per heavy atom. The van der Waals surface area contributed by atoms with Crippen LogP contribution >= 0.6 is 0 Å². The Bertz CT molecular complexity index is 123. The van der Waals surface area contributed by atoms with E-state index in [1.54, 1.807) is 7.11 Å². The molecule has 0 amide bonds.